The maximum Gasteiger partial charge on any atom is 0.320 e. The van der Waals surface area contributed by atoms with Gasteiger partial charge in [-0.25, -0.2) is 4.79 Å². The molecule has 3 heterocycles. The molecule has 3 fully saturated rings. The molecule has 1 aliphatic carbocycles. The first-order valence-corrected chi connectivity index (χ1v) is 9.53. The van der Waals surface area contributed by atoms with Crippen molar-refractivity contribution in [3.63, 3.8) is 0 Å². The lowest BCUT2D eigenvalue weighted by Gasteiger charge is -2.38. The summed E-state index contributed by atoms with van der Waals surface area (Å²) in [5.74, 6) is 0. The quantitative estimate of drug-likeness (QED) is 0.840. The Morgan fingerprint density at radius 1 is 0.958 bits per heavy atom. The molecule has 0 aromatic carbocycles. The van der Waals surface area contributed by atoms with Gasteiger partial charge < -0.3 is 14.7 Å². The van der Waals surface area contributed by atoms with Crippen LogP contribution in [0, 0.1) is 0 Å². The second-order valence-electron chi connectivity index (χ2n) is 7.21. The van der Waals surface area contributed by atoms with Crippen LogP contribution in [0.25, 0.3) is 0 Å². The monoisotopic (exact) mass is 348 g/mol. The van der Waals surface area contributed by atoms with E-state index >= 15 is 0 Å². The van der Waals surface area contributed by atoms with Crippen LogP contribution in [0.1, 0.15) is 38.5 Å². The molecule has 1 aromatic heterocycles. The summed E-state index contributed by atoms with van der Waals surface area (Å²) in [4.78, 5) is 23.7. The lowest BCUT2D eigenvalue weighted by Crippen LogP contribution is -2.50. The molecule has 0 radical (unpaired) electrons. The molecule has 0 N–H and O–H groups in total. The van der Waals surface area contributed by atoms with E-state index in [9.17, 15) is 4.79 Å². The highest BCUT2D eigenvalue weighted by Gasteiger charge is 2.39. The van der Waals surface area contributed by atoms with Gasteiger partial charge >= 0.3 is 6.03 Å². The molecule has 24 heavy (non-hydrogen) atoms. The van der Waals surface area contributed by atoms with Crippen LogP contribution in [-0.4, -0.2) is 59.1 Å². The summed E-state index contributed by atoms with van der Waals surface area (Å²) < 4.78 is 0. The molecule has 1 unspecified atom stereocenters. The molecule has 0 spiro atoms. The number of carbonyl (C=O) groups excluding carboxylic acids is 1. The van der Waals surface area contributed by atoms with Crippen molar-refractivity contribution in [2.24, 2.45) is 0 Å². The SMILES string of the molecule is O=C1N(C2CCCC2)CCN1C1CCCN(c2cncc(Cl)c2)C1. The van der Waals surface area contributed by atoms with Gasteiger partial charge in [0.15, 0.2) is 0 Å². The third kappa shape index (κ3) is 3.06. The zero-order valence-corrected chi connectivity index (χ0v) is 14.8. The zero-order chi connectivity index (χ0) is 16.5. The van der Waals surface area contributed by atoms with Gasteiger partial charge in [-0.1, -0.05) is 24.4 Å². The van der Waals surface area contributed by atoms with Crippen molar-refractivity contribution in [2.45, 2.75) is 50.6 Å². The maximum atomic E-state index is 12.9. The standard InChI is InChI=1S/C18H25ClN4O/c19-14-10-17(12-20-11-14)21-7-3-6-16(13-21)23-9-8-22(18(23)24)15-4-1-2-5-15/h10-12,15-16H,1-9,13H2. The molecule has 5 nitrogen and oxygen atoms in total. The van der Waals surface area contributed by atoms with Gasteiger partial charge in [-0.15, -0.1) is 0 Å². The van der Waals surface area contributed by atoms with Crippen LogP contribution in [0.15, 0.2) is 18.5 Å². The molecule has 6 heteroatoms. The molecule has 2 aliphatic heterocycles. The lowest BCUT2D eigenvalue weighted by atomic mass is 10.0. The van der Waals surface area contributed by atoms with Crippen LogP contribution >= 0.6 is 11.6 Å². The Morgan fingerprint density at radius 2 is 1.67 bits per heavy atom. The summed E-state index contributed by atoms with van der Waals surface area (Å²) in [6.45, 7) is 3.67. The third-order valence-electron chi connectivity index (χ3n) is 5.73. The van der Waals surface area contributed by atoms with E-state index in [4.69, 9.17) is 11.6 Å². The number of pyridine rings is 1. The van der Waals surface area contributed by atoms with Gasteiger partial charge in [0.2, 0.25) is 0 Å². The average Bonchev–Trinajstić information content (AvgIpc) is 3.24. The van der Waals surface area contributed by atoms with Crippen molar-refractivity contribution in [1.82, 2.24) is 14.8 Å². The minimum Gasteiger partial charge on any atom is -0.368 e. The number of hydrogen-bond acceptors (Lipinski definition) is 3. The van der Waals surface area contributed by atoms with Gasteiger partial charge in [-0.2, -0.15) is 0 Å². The number of urea groups is 1. The first-order valence-electron chi connectivity index (χ1n) is 9.15. The number of piperidine rings is 1. The van der Waals surface area contributed by atoms with Crippen molar-refractivity contribution >= 4 is 23.3 Å². The van der Waals surface area contributed by atoms with Crippen molar-refractivity contribution < 1.29 is 4.79 Å². The number of rotatable bonds is 3. The molecule has 2 saturated heterocycles. The van der Waals surface area contributed by atoms with Gasteiger partial charge in [-0.3, -0.25) is 4.98 Å². The molecule has 130 valence electrons. The van der Waals surface area contributed by atoms with E-state index in [0.717, 1.165) is 44.7 Å². The molecule has 2 amide bonds. The predicted octanol–water partition coefficient (Wildman–Crippen LogP) is 3.38. The zero-order valence-electron chi connectivity index (χ0n) is 14.0. The molecule has 4 rings (SSSR count). The van der Waals surface area contributed by atoms with E-state index in [2.05, 4.69) is 19.7 Å². The Morgan fingerprint density at radius 3 is 2.42 bits per heavy atom. The second-order valence-corrected chi connectivity index (χ2v) is 7.65. The van der Waals surface area contributed by atoms with Crippen LogP contribution < -0.4 is 4.90 Å². The van der Waals surface area contributed by atoms with Crippen molar-refractivity contribution in [3.8, 4) is 0 Å². The van der Waals surface area contributed by atoms with Gasteiger partial charge in [0, 0.05) is 38.4 Å². The maximum absolute atomic E-state index is 12.9. The third-order valence-corrected chi connectivity index (χ3v) is 5.94. The number of aromatic nitrogens is 1. The normalized spacial score (nSPS) is 25.8. The van der Waals surface area contributed by atoms with E-state index in [1.807, 2.05) is 12.3 Å². The molecular formula is C18H25ClN4O. The number of halogens is 1. The number of hydrogen-bond donors (Lipinski definition) is 0. The Bertz CT molecular complexity index is 604. The highest BCUT2D eigenvalue weighted by molar-refractivity contribution is 6.30. The molecule has 3 aliphatic rings. The molecule has 1 atom stereocenters. The number of amides is 2. The smallest absolute Gasteiger partial charge is 0.320 e. The summed E-state index contributed by atoms with van der Waals surface area (Å²) >= 11 is 6.08. The largest absolute Gasteiger partial charge is 0.368 e. The first-order chi connectivity index (χ1) is 11.7. The minimum absolute atomic E-state index is 0.262. The van der Waals surface area contributed by atoms with Gasteiger partial charge in [0.25, 0.3) is 0 Å². The minimum atomic E-state index is 0.262. The fourth-order valence-corrected chi connectivity index (χ4v) is 4.65. The number of carbonyl (C=O) groups is 1. The summed E-state index contributed by atoms with van der Waals surface area (Å²) in [5, 5.41) is 0.666. The highest BCUT2D eigenvalue weighted by atomic mass is 35.5. The van der Waals surface area contributed by atoms with Crippen LogP contribution in [0.4, 0.5) is 10.5 Å². The summed E-state index contributed by atoms with van der Waals surface area (Å²) in [5.41, 5.74) is 1.06. The Hall–Kier alpha value is -1.49. The summed E-state index contributed by atoms with van der Waals surface area (Å²) in [6.07, 6.45) is 10.6. The Balaban J connectivity index is 1.43. The van der Waals surface area contributed by atoms with E-state index in [1.165, 1.54) is 25.7 Å². The predicted molar refractivity (Wildman–Crippen MR) is 95.5 cm³/mol. The second kappa shape index (κ2) is 6.79. The molecule has 1 saturated carbocycles. The fraction of sp³-hybridized carbons (Fsp3) is 0.667. The van der Waals surface area contributed by atoms with Crippen LogP contribution in [-0.2, 0) is 0 Å². The fourth-order valence-electron chi connectivity index (χ4n) is 4.48. The Kier molecular flexibility index (Phi) is 4.53. The molecule has 0 bridgehead atoms. The van der Waals surface area contributed by atoms with Gasteiger partial charge in [0.05, 0.1) is 22.9 Å². The van der Waals surface area contributed by atoms with Crippen molar-refractivity contribution in [1.29, 1.82) is 0 Å². The molecule has 1 aromatic rings. The topological polar surface area (TPSA) is 39.7 Å². The van der Waals surface area contributed by atoms with E-state index in [1.54, 1.807) is 6.20 Å². The lowest BCUT2D eigenvalue weighted by molar-refractivity contribution is 0.160. The first kappa shape index (κ1) is 16.0. The van der Waals surface area contributed by atoms with Gasteiger partial charge in [-0.05, 0) is 31.7 Å². The van der Waals surface area contributed by atoms with Crippen LogP contribution in [0.3, 0.4) is 0 Å². The van der Waals surface area contributed by atoms with E-state index < -0.39 is 0 Å². The molecular weight excluding hydrogens is 324 g/mol. The van der Waals surface area contributed by atoms with Crippen LogP contribution in [0.2, 0.25) is 5.02 Å². The number of nitrogens with zero attached hydrogens (tertiary/aromatic N) is 4. The summed E-state index contributed by atoms with van der Waals surface area (Å²) in [6, 6.07) is 3.02. The van der Waals surface area contributed by atoms with Gasteiger partial charge in [0.1, 0.15) is 0 Å². The van der Waals surface area contributed by atoms with E-state index in [0.29, 0.717) is 17.1 Å². The van der Waals surface area contributed by atoms with Crippen molar-refractivity contribution in [2.75, 3.05) is 31.1 Å². The van der Waals surface area contributed by atoms with Crippen molar-refractivity contribution in [3.05, 3.63) is 23.5 Å². The Labute approximate surface area is 148 Å². The highest BCUT2D eigenvalue weighted by Crippen LogP contribution is 2.30. The van der Waals surface area contributed by atoms with E-state index in [-0.39, 0.29) is 6.03 Å². The van der Waals surface area contributed by atoms with Crippen LogP contribution in [0.5, 0.6) is 0 Å². The average molecular weight is 349 g/mol. The summed E-state index contributed by atoms with van der Waals surface area (Å²) in [7, 11) is 0. The number of anilines is 1.